The average Bonchev–Trinajstić information content (AvgIpc) is 3.43. The van der Waals surface area contributed by atoms with Crippen LogP contribution in [0.3, 0.4) is 0 Å². The number of imidazole rings is 1. The molecular formula is C26H45N5O4. The number of fused-ring (bicyclic) bond motifs is 1. The van der Waals surface area contributed by atoms with Gasteiger partial charge in [0.05, 0.1) is 12.9 Å². The number of anilines is 1. The standard InChI is InChI=1S/C26H45N5O4/c1-2-3-4-5-6-7-8-9-10-11-12-13-14-15-16-34-23-20(17-32)35-26(22(23)33)31-19-30-21-24(27)28-18-29-25(21)31/h18-20,22-23,26,32-33H,2-17H2,1H3,(H2,27,28,29)/t20-,22+,23?,26-/m1/s1. The van der Waals surface area contributed by atoms with Crippen LogP contribution in [0.25, 0.3) is 11.2 Å². The summed E-state index contributed by atoms with van der Waals surface area (Å²) in [4.78, 5) is 12.4. The molecule has 9 heteroatoms. The van der Waals surface area contributed by atoms with E-state index in [1.165, 1.54) is 89.7 Å². The molecule has 4 atom stereocenters. The van der Waals surface area contributed by atoms with Crippen molar-refractivity contribution in [3.63, 3.8) is 0 Å². The van der Waals surface area contributed by atoms with Crippen molar-refractivity contribution in [2.24, 2.45) is 0 Å². The third-order valence-electron chi connectivity index (χ3n) is 6.96. The number of aliphatic hydroxyl groups excluding tert-OH is 2. The largest absolute Gasteiger partial charge is 0.394 e. The van der Waals surface area contributed by atoms with Gasteiger partial charge in [-0.3, -0.25) is 4.57 Å². The molecule has 2 aromatic rings. The van der Waals surface area contributed by atoms with Gasteiger partial charge in [-0.2, -0.15) is 0 Å². The number of nitrogens with zero attached hydrogens (tertiary/aromatic N) is 4. The molecule has 2 aromatic heterocycles. The Balaban J connectivity index is 1.28. The van der Waals surface area contributed by atoms with Gasteiger partial charge < -0.3 is 25.4 Å². The molecule has 3 heterocycles. The maximum atomic E-state index is 10.9. The quantitative estimate of drug-likeness (QED) is 0.260. The lowest BCUT2D eigenvalue weighted by Crippen LogP contribution is -2.36. The molecule has 0 spiro atoms. The zero-order valence-electron chi connectivity index (χ0n) is 21.4. The molecular weight excluding hydrogens is 446 g/mol. The van der Waals surface area contributed by atoms with Gasteiger partial charge in [0.25, 0.3) is 0 Å². The van der Waals surface area contributed by atoms with Crippen LogP contribution < -0.4 is 5.73 Å². The zero-order valence-corrected chi connectivity index (χ0v) is 21.4. The molecule has 1 aliphatic heterocycles. The predicted octanol–water partition coefficient (Wildman–Crippen LogP) is 4.53. The highest BCUT2D eigenvalue weighted by Crippen LogP contribution is 2.33. The van der Waals surface area contributed by atoms with Crippen LogP contribution in [0.1, 0.15) is 103 Å². The highest BCUT2D eigenvalue weighted by atomic mass is 16.6. The second kappa shape index (κ2) is 15.3. The van der Waals surface area contributed by atoms with Gasteiger partial charge in [-0.05, 0) is 6.42 Å². The first-order valence-corrected chi connectivity index (χ1v) is 13.7. The second-order valence-corrected chi connectivity index (χ2v) is 9.75. The Morgan fingerprint density at radius 2 is 1.51 bits per heavy atom. The Kier molecular flexibility index (Phi) is 12.2. The van der Waals surface area contributed by atoms with E-state index in [1.807, 2.05) is 0 Å². The van der Waals surface area contributed by atoms with Crippen molar-refractivity contribution in [1.82, 2.24) is 19.5 Å². The SMILES string of the molecule is CCCCCCCCCCCCCCCCOC1[C@@H](CO)O[C@@H](n2cnc3c(N)ncnc32)[C@H]1O. The van der Waals surface area contributed by atoms with E-state index in [0.29, 0.717) is 17.8 Å². The van der Waals surface area contributed by atoms with E-state index < -0.39 is 24.5 Å². The summed E-state index contributed by atoms with van der Waals surface area (Å²) in [6, 6.07) is 0. The summed E-state index contributed by atoms with van der Waals surface area (Å²) in [5.74, 6) is 0.269. The fourth-order valence-electron chi connectivity index (χ4n) is 4.87. The molecule has 0 aromatic carbocycles. The van der Waals surface area contributed by atoms with Gasteiger partial charge in [-0.1, -0.05) is 90.4 Å². The fourth-order valence-corrected chi connectivity index (χ4v) is 4.87. The van der Waals surface area contributed by atoms with Crippen molar-refractivity contribution < 1.29 is 19.7 Å². The maximum absolute atomic E-state index is 10.9. The molecule has 0 bridgehead atoms. The van der Waals surface area contributed by atoms with E-state index in [4.69, 9.17) is 15.2 Å². The molecule has 3 rings (SSSR count). The first kappa shape index (κ1) is 27.8. The zero-order chi connectivity index (χ0) is 24.9. The lowest BCUT2D eigenvalue weighted by Gasteiger charge is -2.20. The van der Waals surface area contributed by atoms with Crippen molar-refractivity contribution in [3.05, 3.63) is 12.7 Å². The smallest absolute Gasteiger partial charge is 0.167 e. The number of aromatic nitrogens is 4. The molecule has 1 aliphatic rings. The molecule has 4 N–H and O–H groups in total. The third-order valence-corrected chi connectivity index (χ3v) is 6.96. The van der Waals surface area contributed by atoms with E-state index >= 15 is 0 Å². The second-order valence-electron chi connectivity index (χ2n) is 9.75. The van der Waals surface area contributed by atoms with Crippen molar-refractivity contribution >= 4 is 17.0 Å². The van der Waals surface area contributed by atoms with E-state index in [0.717, 1.165) is 12.8 Å². The molecule has 1 unspecified atom stereocenters. The molecule has 1 saturated heterocycles. The molecule has 1 fully saturated rings. The van der Waals surface area contributed by atoms with Crippen LogP contribution in [0, 0.1) is 0 Å². The number of nitrogens with two attached hydrogens (primary N) is 1. The van der Waals surface area contributed by atoms with Gasteiger partial charge in [0.2, 0.25) is 0 Å². The number of hydrogen-bond donors (Lipinski definition) is 3. The summed E-state index contributed by atoms with van der Waals surface area (Å²) < 4.78 is 13.5. The number of hydrogen-bond acceptors (Lipinski definition) is 8. The van der Waals surface area contributed by atoms with Crippen molar-refractivity contribution in [1.29, 1.82) is 0 Å². The number of nitrogen functional groups attached to an aromatic ring is 1. The van der Waals surface area contributed by atoms with Crippen LogP contribution in [0.15, 0.2) is 12.7 Å². The van der Waals surface area contributed by atoms with Crippen LogP contribution in [0.2, 0.25) is 0 Å². The summed E-state index contributed by atoms with van der Waals surface area (Å²) in [6.45, 7) is 2.56. The minimum atomic E-state index is -0.951. The minimum absolute atomic E-state index is 0.235. The Labute approximate surface area is 209 Å². The molecule has 0 saturated carbocycles. The molecule has 198 valence electrons. The number of aliphatic hydroxyl groups is 2. The summed E-state index contributed by atoms with van der Waals surface area (Å²) in [5.41, 5.74) is 6.79. The summed E-state index contributed by atoms with van der Waals surface area (Å²) in [6.07, 6.45) is 18.2. The summed E-state index contributed by atoms with van der Waals surface area (Å²) >= 11 is 0. The molecule has 0 radical (unpaired) electrons. The van der Waals surface area contributed by atoms with Gasteiger partial charge in [-0.25, -0.2) is 15.0 Å². The maximum Gasteiger partial charge on any atom is 0.167 e. The van der Waals surface area contributed by atoms with Gasteiger partial charge in [0.1, 0.15) is 30.2 Å². The van der Waals surface area contributed by atoms with Crippen LogP contribution in [0.4, 0.5) is 5.82 Å². The third kappa shape index (κ3) is 8.10. The highest BCUT2D eigenvalue weighted by Gasteiger charge is 2.45. The van der Waals surface area contributed by atoms with Crippen molar-refractivity contribution in [3.8, 4) is 0 Å². The Bertz CT molecular complexity index is 848. The van der Waals surface area contributed by atoms with Crippen LogP contribution >= 0.6 is 0 Å². The average molecular weight is 492 g/mol. The monoisotopic (exact) mass is 491 g/mol. The van der Waals surface area contributed by atoms with Crippen molar-refractivity contribution in [2.45, 2.75) is 121 Å². The van der Waals surface area contributed by atoms with E-state index in [2.05, 4.69) is 21.9 Å². The molecule has 0 aliphatic carbocycles. The number of ether oxygens (including phenoxy) is 2. The first-order valence-electron chi connectivity index (χ1n) is 13.7. The summed E-state index contributed by atoms with van der Waals surface area (Å²) in [5, 5.41) is 20.6. The van der Waals surface area contributed by atoms with E-state index in [1.54, 1.807) is 4.57 Å². The van der Waals surface area contributed by atoms with Gasteiger partial charge in [0, 0.05) is 6.61 Å². The lowest BCUT2D eigenvalue weighted by atomic mass is 10.0. The van der Waals surface area contributed by atoms with Crippen LogP contribution in [-0.4, -0.2) is 61.3 Å². The normalized spacial score (nSPS) is 22.4. The molecule has 0 amide bonds. The molecule has 35 heavy (non-hydrogen) atoms. The van der Waals surface area contributed by atoms with Gasteiger partial charge in [-0.15, -0.1) is 0 Å². The van der Waals surface area contributed by atoms with Gasteiger partial charge >= 0.3 is 0 Å². The number of unbranched alkanes of at least 4 members (excludes halogenated alkanes) is 13. The lowest BCUT2D eigenvalue weighted by molar-refractivity contribution is -0.0609. The summed E-state index contributed by atoms with van der Waals surface area (Å²) in [7, 11) is 0. The minimum Gasteiger partial charge on any atom is -0.394 e. The Morgan fingerprint density at radius 3 is 2.11 bits per heavy atom. The Hall–Kier alpha value is -1.81. The number of rotatable bonds is 18. The van der Waals surface area contributed by atoms with Crippen LogP contribution in [-0.2, 0) is 9.47 Å². The predicted molar refractivity (Wildman–Crippen MR) is 137 cm³/mol. The van der Waals surface area contributed by atoms with Crippen LogP contribution in [0.5, 0.6) is 0 Å². The Morgan fingerprint density at radius 1 is 0.914 bits per heavy atom. The van der Waals surface area contributed by atoms with Gasteiger partial charge in [0.15, 0.2) is 17.7 Å². The topological polar surface area (TPSA) is 129 Å². The highest BCUT2D eigenvalue weighted by molar-refractivity contribution is 5.81. The van der Waals surface area contributed by atoms with E-state index in [-0.39, 0.29) is 12.4 Å². The van der Waals surface area contributed by atoms with Crippen molar-refractivity contribution in [2.75, 3.05) is 18.9 Å². The first-order chi connectivity index (χ1) is 17.2. The van der Waals surface area contributed by atoms with E-state index in [9.17, 15) is 10.2 Å². The fraction of sp³-hybridized carbons (Fsp3) is 0.808. The molecule has 9 nitrogen and oxygen atoms in total.